The van der Waals surface area contributed by atoms with Crippen LogP contribution in [0.1, 0.15) is 43.2 Å². The van der Waals surface area contributed by atoms with Crippen molar-refractivity contribution in [1.29, 1.82) is 0 Å². The first-order valence-corrected chi connectivity index (χ1v) is 16.5. The number of amides is 2. The summed E-state index contributed by atoms with van der Waals surface area (Å²) in [5, 5.41) is 8.15. The van der Waals surface area contributed by atoms with E-state index in [1.165, 1.54) is 18.5 Å². The van der Waals surface area contributed by atoms with Crippen LogP contribution >= 0.6 is 0 Å². The standard InChI is InChI=1S/C40H34N8O4/c1-45-33(25-47-20-5-3-10-37(45)47)27-51-35-16-12-29(13-17-35)23-41-43-39(49)31-8-7-9-32(22-31)40(50)44-42-24-30-14-18-36(19-15-30)52-28-34-26-48-21-6-4-11-38(48)46(34)2/h3-26H,27-28H2,1-2H3/p+2/b41-23+,42-24+. The Balaban J connectivity index is 0.866. The van der Waals surface area contributed by atoms with Gasteiger partial charge in [-0.05, 0) is 90.0 Å². The van der Waals surface area contributed by atoms with Crippen molar-refractivity contribution in [2.24, 2.45) is 24.3 Å². The van der Waals surface area contributed by atoms with E-state index in [-0.39, 0.29) is 11.1 Å². The molecule has 258 valence electrons. The molecule has 12 heteroatoms. The molecule has 0 bridgehead atoms. The number of aromatic nitrogens is 4. The Hall–Kier alpha value is -7.08. The lowest BCUT2D eigenvalue weighted by Gasteiger charge is -2.05. The van der Waals surface area contributed by atoms with Gasteiger partial charge in [-0.2, -0.15) is 10.2 Å². The molecule has 12 nitrogen and oxygen atoms in total. The van der Waals surface area contributed by atoms with Crippen molar-refractivity contribution in [2.75, 3.05) is 0 Å². The van der Waals surface area contributed by atoms with Gasteiger partial charge < -0.3 is 9.47 Å². The Labute approximate surface area is 299 Å². The van der Waals surface area contributed by atoms with E-state index in [2.05, 4.69) is 39.0 Å². The SMILES string of the molecule is Cn1c(COc2ccc(/C=N/NC(=O)c3cccc(C(=O)N/N=C/c4ccc(OCc5c[n+]6ccccc6n5C)cc4)c3)cc2)c[n+]2ccccc12. The van der Waals surface area contributed by atoms with E-state index >= 15 is 0 Å². The van der Waals surface area contributed by atoms with Gasteiger partial charge in [0.15, 0.2) is 24.6 Å². The minimum absolute atomic E-state index is 0.279. The first-order valence-electron chi connectivity index (χ1n) is 16.5. The average molecular weight is 693 g/mol. The quantitative estimate of drug-likeness (QED) is 0.111. The number of nitrogens with zero attached hydrogens (tertiary/aromatic N) is 6. The van der Waals surface area contributed by atoms with Gasteiger partial charge in [0.05, 0.1) is 38.9 Å². The summed E-state index contributed by atoms with van der Waals surface area (Å²) in [6, 6.07) is 33.2. The smallest absolute Gasteiger partial charge is 0.286 e. The number of hydrogen-bond acceptors (Lipinski definition) is 6. The number of benzene rings is 3. The van der Waals surface area contributed by atoms with Crippen molar-refractivity contribution in [3.8, 4) is 11.5 Å². The zero-order valence-corrected chi connectivity index (χ0v) is 28.6. The van der Waals surface area contributed by atoms with E-state index in [9.17, 15) is 9.59 Å². The Morgan fingerprint density at radius 3 is 1.48 bits per heavy atom. The maximum atomic E-state index is 12.8. The van der Waals surface area contributed by atoms with Crippen LogP contribution in [0.3, 0.4) is 0 Å². The second-order valence-corrected chi connectivity index (χ2v) is 12.0. The Morgan fingerprint density at radius 1 is 0.615 bits per heavy atom. The first-order chi connectivity index (χ1) is 25.4. The van der Waals surface area contributed by atoms with Gasteiger partial charge in [0.2, 0.25) is 0 Å². The lowest BCUT2D eigenvalue weighted by Crippen LogP contribution is -2.20. The Morgan fingerprint density at radius 2 is 1.06 bits per heavy atom. The number of ether oxygens (including phenoxy) is 2. The Kier molecular flexibility index (Phi) is 9.78. The van der Waals surface area contributed by atoms with Gasteiger partial charge in [-0.1, -0.05) is 18.2 Å². The molecule has 0 radical (unpaired) electrons. The van der Waals surface area contributed by atoms with Gasteiger partial charge in [0.1, 0.15) is 23.9 Å². The van der Waals surface area contributed by atoms with E-state index in [1.807, 2.05) is 124 Å². The first kappa shape index (κ1) is 33.4. The van der Waals surface area contributed by atoms with Crippen molar-refractivity contribution < 1.29 is 27.9 Å². The number of carbonyl (C=O) groups is 2. The van der Waals surface area contributed by atoms with Gasteiger partial charge in [-0.25, -0.2) is 28.8 Å². The highest BCUT2D eigenvalue weighted by atomic mass is 16.5. The van der Waals surface area contributed by atoms with E-state index < -0.39 is 11.8 Å². The predicted molar refractivity (Wildman–Crippen MR) is 195 cm³/mol. The molecule has 3 aromatic carbocycles. The minimum atomic E-state index is -0.455. The fraction of sp³-hybridized carbons (Fsp3) is 0.100. The summed E-state index contributed by atoms with van der Waals surface area (Å²) >= 11 is 0. The zero-order valence-electron chi connectivity index (χ0n) is 28.6. The number of fused-ring (bicyclic) bond motifs is 2. The summed E-state index contributed by atoms with van der Waals surface area (Å²) in [4.78, 5) is 25.5. The molecule has 0 aliphatic heterocycles. The third-order valence-corrected chi connectivity index (χ3v) is 8.54. The monoisotopic (exact) mass is 692 g/mol. The van der Waals surface area contributed by atoms with Crippen molar-refractivity contribution in [3.63, 3.8) is 0 Å². The van der Waals surface area contributed by atoms with Gasteiger partial charge in [0.25, 0.3) is 23.1 Å². The highest BCUT2D eigenvalue weighted by Crippen LogP contribution is 2.16. The van der Waals surface area contributed by atoms with E-state index in [0.717, 1.165) is 33.8 Å². The summed E-state index contributed by atoms with van der Waals surface area (Å²) in [5.41, 5.74) is 11.4. The van der Waals surface area contributed by atoms with Gasteiger partial charge in [-0.3, -0.25) is 9.59 Å². The van der Waals surface area contributed by atoms with Crippen LogP contribution in [0.5, 0.6) is 11.5 Å². The number of aryl methyl sites for hydroxylation is 2. The van der Waals surface area contributed by atoms with Crippen LogP contribution < -0.4 is 29.1 Å². The molecule has 0 saturated heterocycles. The molecule has 0 spiro atoms. The van der Waals surface area contributed by atoms with Crippen LogP contribution in [0.15, 0.2) is 144 Å². The largest absolute Gasteiger partial charge is 0.485 e. The second-order valence-electron chi connectivity index (χ2n) is 12.0. The number of imidazole rings is 2. The molecule has 4 aromatic heterocycles. The maximum Gasteiger partial charge on any atom is 0.286 e. The predicted octanol–water partition coefficient (Wildman–Crippen LogP) is 4.53. The number of pyridine rings is 2. The van der Waals surface area contributed by atoms with E-state index in [4.69, 9.17) is 9.47 Å². The highest BCUT2D eigenvalue weighted by molar-refractivity contribution is 6.00. The fourth-order valence-corrected chi connectivity index (χ4v) is 5.61. The second kappa shape index (κ2) is 15.2. The molecule has 4 heterocycles. The molecule has 7 aromatic rings. The molecule has 7 rings (SSSR count). The van der Waals surface area contributed by atoms with Gasteiger partial charge in [-0.15, -0.1) is 0 Å². The summed E-state index contributed by atoms with van der Waals surface area (Å²) in [6.07, 6.45) is 11.2. The molecule has 2 N–H and O–H groups in total. The molecule has 0 aliphatic rings. The van der Waals surface area contributed by atoms with Crippen LogP contribution in [0, 0.1) is 0 Å². The van der Waals surface area contributed by atoms with Crippen molar-refractivity contribution in [3.05, 3.63) is 168 Å². The average Bonchev–Trinajstić information content (AvgIpc) is 3.68. The molecule has 0 unspecified atom stereocenters. The minimum Gasteiger partial charge on any atom is -0.485 e. The summed E-state index contributed by atoms with van der Waals surface area (Å²) in [6.45, 7) is 0.838. The molecular formula is C40H36N8O4+2. The topological polar surface area (TPSA) is 119 Å². The number of hydrogen-bond donors (Lipinski definition) is 2. The van der Waals surface area contributed by atoms with E-state index in [0.29, 0.717) is 24.7 Å². The highest BCUT2D eigenvalue weighted by Gasteiger charge is 2.15. The lowest BCUT2D eigenvalue weighted by atomic mass is 10.1. The summed E-state index contributed by atoms with van der Waals surface area (Å²) < 4.78 is 20.2. The van der Waals surface area contributed by atoms with Gasteiger partial charge in [0, 0.05) is 23.3 Å². The number of carbonyl (C=O) groups excluding carboxylic acids is 2. The molecular weight excluding hydrogens is 656 g/mol. The van der Waals surface area contributed by atoms with Crippen LogP contribution in [0.2, 0.25) is 0 Å². The van der Waals surface area contributed by atoms with Crippen LogP contribution in [-0.4, -0.2) is 33.4 Å². The van der Waals surface area contributed by atoms with E-state index in [1.54, 1.807) is 18.2 Å². The third kappa shape index (κ3) is 7.71. The zero-order chi connectivity index (χ0) is 35.9. The molecule has 0 saturated carbocycles. The number of hydrazone groups is 2. The molecule has 0 atom stereocenters. The van der Waals surface area contributed by atoms with Crippen molar-refractivity contribution in [1.82, 2.24) is 20.0 Å². The van der Waals surface area contributed by atoms with Crippen LogP contribution in [-0.2, 0) is 27.3 Å². The number of rotatable bonds is 12. The lowest BCUT2D eigenvalue weighted by molar-refractivity contribution is -0.511. The van der Waals surface area contributed by atoms with Crippen LogP contribution in [0.25, 0.3) is 11.3 Å². The summed E-state index contributed by atoms with van der Waals surface area (Å²) in [5.74, 6) is 0.518. The number of nitrogens with one attached hydrogen (secondary N) is 2. The molecule has 0 fully saturated rings. The normalized spacial score (nSPS) is 11.4. The van der Waals surface area contributed by atoms with Crippen LogP contribution in [0.4, 0.5) is 0 Å². The molecule has 0 aliphatic carbocycles. The fourth-order valence-electron chi connectivity index (χ4n) is 5.61. The molecule has 52 heavy (non-hydrogen) atoms. The summed E-state index contributed by atoms with van der Waals surface area (Å²) in [7, 11) is 4.02. The van der Waals surface area contributed by atoms with Gasteiger partial charge >= 0.3 is 0 Å². The molecule has 2 amide bonds. The van der Waals surface area contributed by atoms with Crippen molar-refractivity contribution >= 4 is 35.5 Å². The van der Waals surface area contributed by atoms with Crippen molar-refractivity contribution in [2.45, 2.75) is 13.2 Å². The maximum absolute atomic E-state index is 12.8. The Bertz CT molecular complexity index is 2260. The third-order valence-electron chi connectivity index (χ3n) is 8.54.